The maximum atomic E-state index is 3.39. The molecule has 3 nitrogen and oxygen atoms in total. The number of rotatable bonds is 6. The van der Waals surface area contributed by atoms with Crippen LogP contribution >= 0.6 is 11.3 Å². The molecule has 0 aliphatic heterocycles. The molecule has 2 N–H and O–H groups in total. The summed E-state index contributed by atoms with van der Waals surface area (Å²) in [5.74, 6) is 0. The second-order valence-electron chi connectivity index (χ2n) is 9.15. The van der Waals surface area contributed by atoms with Crippen LogP contribution in [0, 0.1) is 0 Å². The Hall–Kier alpha value is -3.96. The zero-order valence-corrected chi connectivity index (χ0v) is 20.6. The Kier molecular flexibility index (Phi) is 5.29. The van der Waals surface area contributed by atoms with Gasteiger partial charge >= 0.3 is 0 Å². The molecule has 2 heterocycles. The van der Waals surface area contributed by atoms with Gasteiger partial charge in [-0.3, -0.25) is 10.9 Å². The quantitative estimate of drug-likeness (QED) is 0.186. The molecule has 0 aliphatic rings. The summed E-state index contributed by atoms with van der Waals surface area (Å²) in [5, 5.41) is 5.26. The third kappa shape index (κ3) is 3.59. The number of aromatic nitrogens is 1. The number of benzene rings is 5. The third-order valence-corrected chi connectivity index (χ3v) is 8.03. The highest BCUT2D eigenvalue weighted by Crippen LogP contribution is 2.42. The predicted molar refractivity (Wildman–Crippen MR) is 154 cm³/mol. The molecule has 5 aromatic carbocycles. The van der Waals surface area contributed by atoms with Crippen molar-refractivity contribution in [3.05, 3.63) is 126 Å². The van der Waals surface area contributed by atoms with Crippen molar-refractivity contribution in [2.45, 2.75) is 13.1 Å². The van der Waals surface area contributed by atoms with Crippen molar-refractivity contribution in [1.82, 2.24) is 15.4 Å². The molecule has 0 radical (unpaired) electrons. The van der Waals surface area contributed by atoms with Gasteiger partial charge in [0.15, 0.2) is 0 Å². The Morgan fingerprint density at radius 1 is 0.556 bits per heavy atom. The average Bonchev–Trinajstić information content (AvgIpc) is 3.47. The number of nitrogens with one attached hydrogen (secondary N) is 2. The fraction of sp³-hybridized carbons (Fsp3) is 0.0625. The Morgan fingerprint density at radius 2 is 1.28 bits per heavy atom. The Labute approximate surface area is 213 Å². The fourth-order valence-corrected chi connectivity index (χ4v) is 6.37. The monoisotopic (exact) mass is 483 g/mol. The average molecular weight is 484 g/mol. The molecule has 0 amide bonds. The number of hydrazine groups is 1. The molecule has 0 unspecified atom stereocenters. The van der Waals surface area contributed by atoms with Crippen LogP contribution in [0.5, 0.6) is 0 Å². The van der Waals surface area contributed by atoms with Gasteiger partial charge in [0, 0.05) is 49.7 Å². The third-order valence-electron chi connectivity index (χ3n) is 6.90. The molecule has 0 spiro atoms. The van der Waals surface area contributed by atoms with E-state index in [0.29, 0.717) is 0 Å². The first-order valence-corrected chi connectivity index (χ1v) is 13.1. The molecule has 7 aromatic rings. The number of hydrogen-bond acceptors (Lipinski definition) is 3. The molecule has 0 saturated heterocycles. The van der Waals surface area contributed by atoms with E-state index in [1.165, 1.54) is 58.8 Å². The lowest BCUT2D eigenvalue weighted by molar-refractivity contribution is 0.529. The zero-order valence-electron chi connectivity index (χ0n) is 19.7. The molecule has 4 heteroatoms. The van der Waals surface area contributed by atoms with Gasteiger partial charge in [-0.1, -0.05) is 84.9 Å². The Bertz CT molecular complexity index is 1850. The summed E-state index contributed by atoms with van der Waals surface area (Å²) in [5.41, 5.74) is 13.0. The van der Waals surface area contributed by atoms with Gasteiger partial charge in [-0.25, -0.2) is 0 Å². The summed E-state index contributed by atoms with van der Waals surface area (Å²) in [7, 11) is 0. The first kappa shape index (κ1) is 21.3. The largest absolute Gasteiger partial charge is 0.309 e. The molecule has 36 heavy (non-hydrogen) atoms. The highest BCUT2D eigenvalue weighted by Gasteiger charge is 2.17. The van der Waals surface area contributed by atoms with Crippen LogP contribution in [0.25, 0.3) is 47.7 Å². The first-order chi connectivity index (χ1) is 17.9. The van der Waals surface area contributed by atoms with Crippen LogP contribution in [0.4, 0.5) is 0 Å². The van der Waals surface area contributed by atoms with Crippen molar-refractivity contribution < 1.29 is 0 Å². The van der Waals surface area contributed by atoms with Gasteiger partial charge in [-0.05, 0) is 41.5 Å². The number of thiophene rings is 1. The van der Waals surface area contributed by atoms with Gasteiger partial charge < -0.3 is 4.57 Å². The highest BCUT2D eigenvalue weighted by atomic mass is 32.1. The summed E-state index contributed by atoms with van der Waals surface area (Å²) in [6.45, 7) is 1.53. The van der Waals surface area contributed by atoms with E-state index < -0.39 is 0 Å². The zero-order chi connectivity index (χ0) is 23.9. The van der Waals surface area contributed by atoms with E-state index >= 15 is 0 Å². The minimum atomic E-state index is 0.745. The molecule has 0 bridgehead atoms. The molecule has 7 rings (SSSR count). The fourth-order valence-electron chi connectivity index (χ4n) is 5.26. The van der Waals surface area contributed by atoms with Crippen LogP contribution in [-0.4, -0.2) is 4.57 Å². The highest BCUT2D eigenvalue weighted by molar-refractivity contribution is 7.26. The second kappa shape index (κ2) is 8.92. The van der Waals surface area contributed by atoms with E-state index in [0.717, 1.165) is 13.1 Å². The van der Waals surface area contributed by atoms with Gasteiger partial charge in [0.25, 0.3) is 0 Å². The molecular weight excluding hydrogens is 458 g/mol. The van der Waals surface area contributed by atoms with E-state index in [9.17, 15) is 0 Å². The summed E-state index contributed by atoms with van der Waals surface area (Å²) < 4.78 is 5.11. The number of hydrogen-bond donors (Lipinski definition) is 2. The van der Waals surface area contributed by atoms with E-state index in [1.807, 2.05) is 17.4 Å². The van der Waals surface area contributed by atoms with E-state index in [1.54, 1.807) is 0 Å². The first-order valence-electron chi connectivity index (χ1n) is 12.3. The lowest BCUT2D eigenvalue weighted by Crippen LogP contribution is -2.30. The van der Waals surface area contributed by atoms with Crippen LogP contribution < -0.4 is 10.9 Å². The van der Waals surface area contributed by atoms with Crippen molar-refractivity contribution in [3.63, 3.8) is 0 Å². The van der Waals surface area contributed by atoms with Gasteiger partial charge in [0.2, 0.25) is 0 Å². The SMILES string of the molecule is c1ccc(CNNCc2cccc(-n3c4ccccc4c4ccc5sc6ccccc6c5c43)c2)cc1. The summed E-state index contributed by atoms with van der Waals surface area (Å²) in [6, 6.07) is 41.4. The Morgan fingerprint density at radius 3 is 2.17 bits per heavy atom. The lowest BCUT2D eigenvalue weighted by Gasteiger charge is -2.12. The summed E-state index contributed by atoms with van der Waals surface area (Å²) >= 11 is 1.87. The van der Waals surface area contributed by atoms with Crippen LogP contribution in [0.15, 0.2) is 115 Å². The second-order valence-corrected chi connectivity index (χ2v) is 10.2. The molecule has 0 saturated carbocycles. The maximum absolute atomic E-state index is 3.39. The van der Waals surface area contributed by atoms with Crippen LogP contribution in [0.3, 0.4) is 0 Å². The molecular formula is C32H25N3S. The number of fused-ring (bicyclic) bond motifs is 7. The number of para-hydroxylation sites is 1. The smallest absolute Gasteiger partial charge is 0.0634 e. The van der Waals surface area contributed by atoms with Crippen molar-refractivity contribution in [1.29, 1.82) is 0 Å². The summed E-state index contributed by atoms with van der Waals surface area (Å²) in [4.78, 5) is 0. The van der Waals surface area contributed by atoms with E-state index in [-0.39, 0.29) is 0 Å². The van der Waals surface area contributed by atoms with Gasteiger partial charge in [-0.2, -0.15) is 0 Å². The molecule has 0 fully saturated rings. The predicted octanol–water partition coefficient (Wildman–Crippen LogP) is 7.95. The Balaban J connectivity index is 1.34. The van der Waals surface area contributed by atoms with Gasteiger partial charge in [0.1, 0.15) is 0 Å². The molecule has 174 valence electrons. The van der Waals surface area contributed by atoms with Gasteiger partial charge in [0.05, 0.1) is 11.0 Å². The minimum absolute atomic E-state index is 0.745. The summed E-state index contributed by atoms with van der Waals surface area (Å²) in [6.07, 6.45) is 0. The lowest BCUT2D eigenvalue weighted by atomic mass is 10.1. The van der Waals surface area contributed by atoms with E-state index in [4.69, 9.17) is 0 Å². The normalized spacial score (nSPS) is 11.8. The maximum Gasteiger partial charge on any atom is 0.0634 e. The molecule has 0 atom stereocenters. The minimum Gasteiger partial charge on any atom is -0.309 e. The molecule has 0 aliphatic carbocycles. The van der Waals surface area contributed by atoms with Crippen LogP contribution in [0.1, 0.15) is 11.1 Å². The van der Waals surface area contributed by atoms with Crippen molar-refractivity contribution >= 4 is 53.3 Å². The van der Waals surface area contributed by atoms with Crippen LogP contribution in [0.2, 0.25) is 0 Å². The van der Waals surface area contributed by atoms with Crippen molar-refractivity contribution in [2.24, 2.45) is 0 Å². The molecule has 2 aromatic heterocycles. The standard InChI is InChI=1S/C32H25N3S/c1-2-9-22(10-3-1)20-33-34-21-23-11-8-12-24(19-23)35-28-15-6-4-13-25(28)26-17-18-30-31(32(26)35)27-14-5-7-16-29(27)36-30/h1-19,33-34H,20-21H2. The topological polar surface area (TPSA) is 29.0 Å². The van der Waals surface area contributed by atoms with Crippen molar-refractivity contribution in [3.8, 4) is 5.69 Å². The van der Waals surface area contributed by atoms with Crippen molar-refractivity contribution in [2.75, 3.05) is 0 Å². The number of nitrogens with zero attached hydrogens (tertiary/aromatic N) is 1. The van der Waals surface area contributed by atoms with Gasteiger partial charge in [-0.15, -0.1) is 11.3 Å². The van der Waals surface area contributed by atoms with E-state index in [2.05, 4.69) is 125 Å². The van der Waals surface area contributed by atoms with Crippen LogP contribution in [-0.2, 0) is 13.1 Å².